The molecular formula is C24H23N3O2S. The van der Waals surface area contributed by atoms with Gasteiger partial charge in [0.1, 0.15) is 5.75 Å². The summed E-state index contributed by atoms with van der Waals surface area (Å²) >= 11 is 5.40. The van der Waals surface area contributed by atoms with Crippen LogP contribution in [0.5, 0.6) is 5.75 Å². The van der Waals surface area contributed by atoms with Crippen LogP contribution < -0.4 is 20.7 Å². The number of carbonyl (C=O) groups excluding carboxylic acids is 1. The first-order valence-electron chi connectivity index (χ1n) is 9.87. The lowest BCUT2D eigenvalue weighted by Crippen LogP contribution is -2.45. The molecule has 1 aliphatic heterocycles. The summed E-state index contributed by atoms with van der Waals surface area (Å²) in [6, 6.07) is 21.3. The van der Waals surface area contributed by atoms with Crippen LogP contribution in [-0.2, 0) is 4.79 Å². The van der Waals surface area contributed by atoms with Gasteiger partial charge in [0.25, 0.3) is 5.91 Å². The lowest BCUT2D eigenvalue weighted by Gasteiger charge is -2.31. The van der Waals surface area contributed by atoms with E-state index >= 15 is 0 Å². The summed E-state index contributed by atoms with van der Waals surface area (Å²) in [5.41, 5.74) is 2.95. The molecule has 0 radical (unpaired) electrons. The van der Waals surface area contributed by atoms with Crippen molar-refractivity contribution in [1.82, 2.24) is 10.6 Å². The Bertz CT molecular complexity index is 1150. The van der Waals surface area contributed by atoms with Gasteiger partial charge in [0.2, 0.25) is 0 Å². The van der Waals surface area contributed by atoms with Crippen LogP contribution in [0, 0.1) is 0 Å². The minimum atomic E-state index is -0.371. The topological polar surface area (TPSA) is 62.4 Å². The van der Waals surface area contributed by atoms with Gasteiger partial charge in [0.15, 0.2) is 5.11 Å². The van der Waals surface area contributed by atoms with E-state index in [1.54, 1.807) is 0 Å². The molecule has 1 atom stereocenters. The molecule has 1 aliphatic rings. The molecular weight excluding hydrogens is 394 g/mol. The molecule has 3 N–H and O–H groups in total. The second-order valence-corrected chi connectivity index (χ2v) is 7.43. The van der Waals surface area contributed by atoms with Crippen molar-refractivity contribution < 1.29 is 9.53 Å². The molecule has 0 bridgehead atoms. The molecule has 0 saturated carbocycles. The van der Waals surface area contributed by atoms with Gasteiger partial charge >= 0.3 is 0 Å². The molecule has 6 heteroatoms. The highest BCUT2D eigenvalue weighted by atomic mass is 32.1. The average Bonchev–Trinajstić information content (AvgIpc) is 2.74. The van der Waals surface area contributed by atoms with Crippen LogP contribution in [-0.4, -0.2) is 17.6 Å². The maximum Gasteiger partial charge on any atom is 0.255 e. The third-order valence-electron chi connectivity index (χ3n) is 5.08. The number of benzene rings is 3. The Labute approximate surface area is 181 Å². The number of fused-ring (bicyclic) bond motifs is 1. The first-order valence-corrected chi connectivity index (χ1v) is 10.3. The zero-order valence-corrected chi connectivity index (χ0v) is 17.7. The van der Waals surface area contributed by atoms with E-state index < -0.39 is 0 Å². The first kappa shape index (κ1) is 19.9. The molecule has 0 aliphatic carbocycles. The second kappa shape index (κ2) is 8.55. The minimum absolute atomic E-state index is 0.208. The van der Waals surface area contributed by atoms with Gasteiger partial charge < -0.3 is 20.7 Å². The predicted molar refractivity (Wildman–Crippen MR) is 124 cm³/mol. The molecule has 0 fully saturated rings. The lowest BCUT2D eigenvalue weighted by molar-refractivity contribution is -0.113. The number of nitrogens with one attached hydrogen (secondary N) is 3. The molecule has 5 nitrogen and oxygen atoms in total. The number of allylic oxidation sites excluding steroid dienone is 1. The summed E-state index contributed by atoms with van der Waals surface area (Å²) in [6.45, 7) is 4.30. The summed E-state index contributed by atoms with van der Waals surface area (Å²) in [5.74, 6) is 0.431. The van der Waals surface area contributed by atoms with E-state index in [-0.39, 0.29) is 11.9 Å². The van der Waals surface area contributed by atoms with Crippen LogP contribution in [0.25, 0.3) is 10.8 Å². The number of amides is 1. The van der Waals surface area contributed by atoms with Crippen molar-refractivity contribution in [3.05, 3.63) is 83.6 Å². The Hall–Kier alpha value is -3.38. The van der Waals surface area contributed by atoms with Crippen LogP contribution in [0.2, 0.25) is 0 Å². The van der Waals surface area contributed by atoms with E-state index in [9.17, 15) is 4.79 Å². The zero-order valence-electron chi connectivity index (χ0n) is 16.9. The average molecular weight is 418 g/mol. The van der Waals surface area contributed by atoms with Crippen molar-refractivity contribution in [3.8, 4) is 5.75 Å². The summed E-state index contributed by atoms with van der Waals surface area (Å²) < 4.78 is 5.66. The number of ether oxygens (including phenoxy) is 1. The molecule has 0 aromatic heterocycles. The normalized spacial score (nSPS) is 16.1. The molecule has 30 heavy (non-hydrogen) atoms. The van der Waals surface area contributed by atoms with Crippen molar-refractivity contribution in [2.75, 3.05) is 11.9 Å². The lowest BCUT2D eigenvalue weighted by atomic mass is 9.91. The number of anilines is 1. The number of rotatable bonds is 5. The van der Waals surface area contributed by atoms with Crippen LogP contribution in [0.4, 0.5) is 5.69 Å². The third kappa shape index (κ3) is 3.86. The van der Waals surface area contributed by atoms with Crippen LogP contribution in [0.15, 0.2) is 78.0 Å². The number of hydrogen-bond acceptors (Lipinski definition) is 3. The van der Waals surface area contributed by atoms with Crippen LogP contribution in [0.1, 0.15) is 25.5 Å². The highest BCUT2D eigenvalue weighted by Crippen LogP contribution is 2.33. The molecule has 1 amide bonds. The quantitative estimate of drug-likeness (QED) is 0.527. The van der Waals surface area contributed by atoms with Crippen molar-refractivity contribution in [3.63, 3.8) is 0 Å². The Kier molecular flexibility index (Phi) is 5.68. The van der Waals surface area contributed by atoms with E-state index in [4.69, 9.17) is 17.0 Å². The monoisotopic (exact) mass is 417 g/mol. The van der Waals surface area contributed by atoms with E-state index in [1.807, 2.05) is 62.4 Å². The molecule has 3 aromatic rings. The van der Waals surface area contributed by atoms with Gasteiger partial charge in [-0.05, 0) is 54.5 Å². The van der Waals surface area contributed by atoms with Gasteiger partial charge in [-0.3, -0.25) is 4.79 Å². The standard InChI is InChI=1S/C24H23N3O2S/c1-3-29-20-14-7-6-13-19(20)26-23(28)21-15(2)25-24(30)27-22(21)18-12-8-10-16-9-4-5-11-17(16)18/h4-14,22H,3H2,1-2H3,(H,26,28)(H2,25,27,30)/t22-/m1/s1. The largest absolute Gasteiger partial charge is 0.492 e. The highest BCUT2D eigenvalue weighted by Gasteiger charge is 2.31. The Balaban J connectivity index is 1.75. The fourth-order valence-electron chi connectivity index (χ4n) is 3.77. The van der Waals surface area contributed by atoms with Gasteiger partial charge in [-0.15, -0.1) is 0 Å². The van der Waals surface area contributed by atoms with Crippen molar-refractivity contribution in [2.24, 2.45) is 0 Å². The number of para-hydroxylation sites is 2. The Morgan fingerprint density at radius 1 is 1.07 bits per heavy atom. The second-order valence-electron chi connectivity index (χ2n) is 7.02. The maximum atomic E-state index is 13.4. The van der Waals surface area contributed by atoms with E-state index in [0.717, 1.165) is 22.0 Å². The van der Waals surface area contributed by atoms with Crippen LogP contribution >= 0.6 is 12.2 Å². The van der Waals surface area contributed by atoms with Crippen molar-refractivity contribution in [2.45, 2.75) is 19.9 Å². The molecule has 0 spiro atoms. The van der Waals surface area contributed by atoms with E-state index in [2.05, 4.69) is 34.1 Å². The first-order chi connectivity index (χ1) is 14.6. The molecule has 0 unspecified atom stereocenters. The SMILES string of the molecule is CCOc1ccccc1NC(=O)C1=C(C)NC(=S)N[C@@H]1c1cccc2ccccc12. The molecule has 152 valence electrons. The summed E-state index contributed by atoms with van der Waals surface area (Å²) in [4.78, 5) is 13.4. The summed E-state index contributed by atoms with van der Waals surface area (Å²) in [7, 11) is 0. The fourth-order valence-corrected chi connectivity index (χ4v) is 4.04. The molecule has 1 heterocycles. The van der Waals surface area contributed by atoms with E-state index in [1.165, 1.54) is 0 Å². The predicted octanol–water partition coefficient (Wildman–Crippen LogP) is 4.67. The van der Waals surface area contributed by atoms with Gasteiger partial charge in [-0.2, -0.15) is 0 Å². The highest BCUT2D eigenvalue weighted by molar-refractivity contribution is 7.80. The summed E-state index contributed by atoms with van der Waals surface area (Å²) in [6.07, 6.45) is 0. The third-order valence-corrected chi connectivity index (χ3v) is 5.30. The molecule has 0 saturated heterocycles. The Morgan fingerprint density at radius 2 is 1.80 bits per heavy atom. The van der Waals surface area contributed by atoms with E-state index in [0.29, 0.717) is 28.7 Å². The van der Waals surface area contributed by atoms with Gasteiger partial charge in [0.05, 0.1) is 23.9 Å². The number of hydrogen-bond donors (Lipinski definition) is 3. The van der Waals surface area contributed by atoms with Crippen molar-refractivity contribution >= 4 is 39.7 Å². The van der Waals surface area contributed by atoms with Gasteiger partial charge in [-0.1, -0.05) is 54.6 Å². The Morgan fingerprint density at radius 3 is 2.63 bits per heavy atom. The minimum Gasteiger partial charge on any atom is -0.492 e. The summed E-state index contributed by atoms with van der Waals surface area (Å²) in [5, 5.41) is 12.1. The van der Waals surface area contributed by atoms with Gasteiger partial charge in [-0.25, -0.2) is 0 Å². The van der Waals surface area contributed by atoms with Crippen LogP contribution in [0.3, 0.4) is 0 Å². The number of thiocarbonyl (C=S) groups is 1. The fraction of sp³-hybridized carbons (Fsp3) is 0.167. The smallest absolute Gasteiger partial charge is 0.255 e. The van der Waals surface area contributed by atoms with Gasteiger partial charge in [0, 0.05) is 5.70 Å². The number of carbonyl (C=O) groups is 1. The maximum absolute atomic E-state index is 13.4. The molecule has 3 aromatic carbocycles. The zero-order chi connectivity index (χ0) is 21.1. The molecule has 4 rings (SSSR count). The van der Waals surface area contributed by atoms with Crippen molar-refractivity contribution in [1.29, 1.82) is 0 Å².